The van der Waals surface area contributed by atoms with Crippen LogP contribution in [0.3, 0.4) is 0 Å². The van der Waals surface area contributed by atoms with E-state index in [4.69, 9.17) is 0 Å². The largest absolute Gasteiger partial charge is 0.388 e. The summed E-state index contributed by atoms with van der Waals surface area (Å²) in [5.74, 6) is 0. The Balaban J connectivity index is 3.21. The van der Waals surface area contributed by atoms with Crippen molar-refractivity contribution in [3.63, 3.8) is 0 Å². The fraction of sp³-hybridized carbons (Fsp3) is 0.333. The molecular formula is C9H12BrN. The molecule has 1 N–H and O–H groups in total. The van der Waals surface area contributed by atoms with Gasteiger partial charge in [-0.25, -0.2) is 0 Å². The molecule has 0 radical (unpaired) electrons. The fourth-order valence-electron chi connectivity index (χ4n) is 1.09. The van der Waals surface area contributed by atoms with Crippen LogP contribution in [0.25, 0.3) is 0 Å². The molecule has 0 aromatic heterocycles. The topological polar surface area (TPSA) is 12.0 Å². The second kappa shape index (κ2) is 3.26. The maximum atomic E-state index is 3.51. The van der Waals surface area contributed by atoms with E-state index in [9.17, 15) is 0 Å². The minimum atomic E-state index is 1.17. The summed E-state index contributed by atoms with van der Waals surface area (Å²) in [5.41, 5.74) is 3.71. The third-order valence-electron chi connectivity index (χ3n) is 1.73. The first-order valence-corrected chi connectivity index (χ1v) is 4.39. The van der Waals surface area contributed by atoms with Crippen LogP contribution < -0.4 is 5.32 Å². The highest BCUT2D eigenvalue weighted by molar-refractivity contribution is 9.10. The van der Waals surface area contributed by atoms with Gasteiger partial charge >= 0.3 is 0 Å². The van der Waals surface area contributed by atoms with Crippen LogP contribution in [0.5, 0.6) is 0 Å². The van der Waals surface area contributed by atoms with Gasteiger partial charge in [0.25, 0.3) is 0 Å². The highest BCUT2D eigenvalue weighted by Crippen LogP contribution is 2.24. The average Bonchev–Trinajstić information content (AvgIpc) is 1.99. The van der Waals surface area contributed by atoms with E-state index >= 15 is 0 Å². The Morgan fingerprint density at radius 2 is 1.64 bits per heavy atom. The number of rotatable bonds is 1. The van der Waals surface area contributed by atoms with Gasteiger partial charge in [-0.2, -0.15) is 0 Å². The van der Waals surface area contributed by atoms with Crippen molar-refractivity contribution in [2.24, 2.45) is 0 Å². The molecule has 0 bridgehead atoms. The molecule has 0 heterocycles. The van der Waals surface area contributed by atoms with Crippen molar-refractivity contribution >= 4 is 21.6 Å². The van der Waals surface area contributed by atoms with Gasteiger partial charge in [0.2, 0.25) is 0 Å². The maximum Gasteiger partial charge on any atom is 0.0343 e. The van der Waals surface area contributed by atoms with Crippen molar-refractivity contribution in [2.45, 2.75) is 13.8 Å². The Hall–Kier alpha value is -0.500. The number of benzene rings is 1. The predicted molar refractivity (Wildman–Crippen MR) is 53.2 cm³/mol. The van der Waals surface area contributed by atoms with Gasteiger partial charge in [-0.1, -0.05) is 15.9 Å². The van der Waals surface area contributed by atoms with Gasteiger partial charge in [-0.3, -0.25) is 0 Å². The van der Waals surface area contributed by atoms with E-state index in [2.05, 4.69) is 47.2 Å². The van der Waals surface area contributed by atoms with Gasteiger partial charge in [0, 0.05) is 17.2 Å². The molecule has 0 fully saturated rings. The molecule has 0 unspecified atom stereocenters. The zero-order valence-electron chi connectivity index (χ0n) is 7.03. The zero-order valence-corrected chi connectivity index (χ0v) is 8.62. The van der Waals surface area contributed by atoms with Gasteiger partial charge in [0.15, 0.2) is 0 Å². The lowest BCUT2D eigenvalue weighted by atomic mass is 10.1. The standard InChI is InChI=1S/C9H12BrN/c1-6-4-8(11-3)5-7(2)9(6)10/h4-5,11H,1-3H3. The molecule has 60 valence electrons. The lowest BCUT2D eigenvalue weighted by Gasteiger charge is -2.06. The molecule has 2 heteroatoms. The molecular weight excluding hydrogens is 202 g/mol. The summed E-state index contributed by atoms with van der Waals surface area (Å²) in [7, 11) is 1.93. The molecule has 1 rings (SSSR count). The summed E-state index contributed by atoms with van der Waals surface area (Å²) in [4.78, 5) is 0. The van der Waals surface area contributed by atoms with Crippen LogP contribution in [-0.2, 0) is 0 Å². The molecule has 1 nitrogen and oxygen atoms in total. The summed E-state index contributed by atoms with van der Waals surface area (Å²) in [6.45, 7) is 4.19. The first-order chi connectivity index (χ1) is 5.15. The third-order valence-corrected chi connectivity index (χ3v) is 2.98. The Morgan fingerprint density at radius 1 is 1.18 bits per heavy atom. The normalized spacial score (nSPS) is 9.82. The molecule has 11 heavy (non-hydrogen) atoms. The Morgan fingerprint density at radius 3 is 2.00 bits per heavy atom. The molecule has 0 saturated heterocycles. The van der Waals surface area contributed by atoms with Crippen LogP contribution in [0.4, 0.5) is 5.69 Å². The number of hydrogen-bond acceptors (Lipinski definition) is 1. The van der Waals surface area contributed by atoms with Crippen molar-refractivity contribution in [3.8, 4) is 0 Å². The number of anilines is 1. The van der Waals surface area contributed by atoms with Crippen molar-refractivity contribution in [3.05, 3.63) is 27.7 Å². The van der Waals surface area contributed by atoms with Crippen LogP contribution >= 0.6 is 15.9 Å². The summed E-state index contributed by atoms with van der Waals surface area (Å²) < 4.78 is 1.21. The van der Waals surface area contributed by atoms with E-state index in [1.54, 1.807) is 0 Å². The molecule has 0 atom stereocenters. The molecule has 0 spiro atoms. The van der Waals surface area contributed by atoms with E-state index in [0.717, 1.165) is 0 Å². The number of aryl methyl sites for hydroxylation is 2. The average molecular weight is 214 g/mol. The van der Waals surface area contributed by atoms with Gasteiger partial charge in [-0.05, 0) is 37.1 Å². The van der Waals surface area contributed by atoms with E-state index in [0.29, 0.717) is 0 Å². The molecule has 0 aliphatic rings. The van der Waals surface area contributed by atoms with Crippen LogP contribution in [0.2, 0.25) is 0 Å². The smallest absolute Gasteiger partial charge is 0.0343 e. The minimum absolute atomic E-state index is 1.17. The number of hydrogen-bond donors (Lipinski definition) is 1. The minimum Gasteiger partial charge on any atom is -0.388 e. The fourth-order valence-corrected chi connectivity index (χ4v) is 1.32. The van der Waals surface area contributed by atoms with Gasteiger partial charge in [0.1, 0.15) is 0 Å². The Bertz CT molecular complexity index is 245. The monoisotopic (exact) mass is 213 g/mol. The van der Waals surface area contributed by atoms with Crippen LogP contribution in [-0.4, -0.2) is 7.05 Å². The molecule has 0 aliphatic heterocycles. The summed E-state index contributed by atoms with van der Waals surface area (Å²) in [6.07, 6.45) is 0. The third kappa shape index (κ3) is 1.74. The van der Waals surface area contributed by atoms with E-state index in [1.807, 2.05) is 7.05 Å². The highest BCUT2D eigenvalue weighted by atomic mass is 79.9. The first kappa shape index (κ1) is 8.60. The molecule has 1 aromatic carbocycles. The Labute approximate surface area is 75.9 Å². The quantitative estimate of drug-likeness (QED) is 0.757. The first-order valence-electron chi connectivity index (χ1n) is 3.59. The maximum absolute atomic E-state index is 3.51. The summed E-state index contributed by atoms with van der Waals surface area (Å²) in [5, 5.41) is 3.12. The summed E-state index contributed by atoms with van der Waals surface area (Å²) >= 11 is 3.51. The van der Waals surface area contributed by atoms with Crippen molar-refractivity contribution in [2.75, 3.05) is 12.4 Å². The molecule has 1 aromatic rings. The van der Waals surface area contributed by atoms with E-state index in [1.165, 1.54) is 21.3 Å². The van der Waals surface area contributed by atoms with Crippen molar-refractivity contribution in [1.29, 1.82) is 0 Å². The lowest BCUT2D eigenvalue weighted by molar-refractivity contribution is 1.33. The lowest BCUT2D eigenvalue weighted by Crippen LogP contribution is -1.90. The molecule has 0 amide bonds. The SMILES string of the molecule is CNc1cc(C)c(Br)c(C)c1. The van der Waals surface area contributed by atoms with E-state index < -0.39 is 0 Å². The predicted octanol–water partition coefficient (Wildman–Crippen LogP) is 3.11. The molecule has 0 saturated carbocycles. The van der Waals surface area contributed by atoms with Gasteiger partial charge < -0.3 is 5.32 Å². The second-order valence-corrected chi connectivity index (χ2v) is 3.47. The Kier molecular flexibility index (Phi) is 2.55. The van der Waals surface area contributed by atoms with Crippen LogP contribution in [0.1, 0.15) is 11.1 Å². The number of nitrogens with one attached hydrogen (secondary N) is 1. The summed E-state index contributed by atoms with van der Waals surface area (Å²) in [6, 6.07) is 4.24. The zero-order chi connectivity index (χ0) is 8.43. The van der Waals surface area contributed by atoms with Gasteiger partial charge in [0.05, 0.1) is 0 Å². The highest BCUT2D eigenvalue weighted by Gasteiger charge is 1.99. The molecule has 0 aliphatic carbocycles. The van der Waals surface area contributed by atoms with E-state index in [-0.39, 0.29) is 0 Å². The van der Waals surface area contributed by atoms with Crippen molar-refractivity contribution < 1.29 is 0 Å². The van der Waals surface area contributed by atoms with Crippen molar-refractivity contribution in [1.82, 2.24) is 0 Å². The van der Waals surface area contributed by atoms with Crippen LogP contribution in [0, 0.1) is 13.8 Å². The van der Waals surface area contributed by atoms with Gasteiger partial charge in [-0.15, -0.1) is 0 Å². The number of halogens is 1. The van der Waals surface area contributed by atoms with Crippen LogP contribution in [0.15, 0.2) is 16.6 Å². The second-order valence-electron chi connectivity index (χ2n) is 2.67.